The van der Waals surface area contributed by atoms with Crippen LogP contribution in [0, 0.1) is 5.92 Å². The summed E-state index contributed by atoms with van der Waals surface area (Å²) in [6, 6.07) is 5.93. The SMILES string of the molecule is NCC1(c2ccc3c(c2)OCO3)CC1CO. The minimum absolute atomic E-state index is 0.0459. The van der Waals surface area contributed by atoms with Crippen molar-refractivity contribution in [2.24, 2.45) is 11.7 Å². The van der Waals surface area contributed by atoms with E-state index >= 15 is 0 Å². The molecule has 3 N–H and O–H groups in total. The maximum absolute atomic E-state index is 9.22. The van der Waals surface area contributed by atoms with E-state index in [1.165, 1.54) is 0 Å². The lowest BCUT2D eigenvalue weighted by atomic mass is 9.93. The van der Waals surface area contributed by atoms with Crippen LogP contribution in [-0.4, -0.2) is 25.1 Å². The largest absolute Gasteiger partial charge is 0.454 e. The summed E-state index contributed by atoms with van der Waals surface area (Å²) in [6.07, 6.45) is 0.958. The van der Waals surface area contributed by atoms with Crippen LogP contribution in [-0.2, 0) is 5.41 Å². The van der Waals surface area contributed by atoms with Gasteiger partial charge in [-0.2, -0.15) is 0 Å². The Morgan fingerprint density at radius 2 is 2.19 bits per heavy atom. The summed E-state index contributed by atoms with van der Waals surface area (Å²) in [7, 11) is 0. The fraction of sp³-hybridized carbons (Fsp3) is 0.500. The minimum Gasteiger partial charge on any atom is -0.454 e. The fourth-order valence-electron chi connectivity index (χ4n) is 2.55. The Balaban J connectivity index is 1.95. The highest BCUT2D eigenvalue weighted by Crippen LogP contribution is 2.54. The van der Waals surface area contributed by atoms with E-state index in [-0.39, 0.29) is 24.7 Å². The Morgan fingerprint density at radius 1 is 1.38 bits per heavy atom. The first kappa shape index (κ1) is 9.93. The Morgan fingerprint density at radius 3 is 2.88 bits per heavy atom. The molecule has 0 saturated heterocycles. The van der Waals surface area contributed by atoms with Crippen LogP contribution in [0.5, 0.6) is 11.5 Å². The average molecular weight is 221 g/mol. The summed E-state index contributed by atoms with van der Waals surface area (Å²) < 4.78 is 10.6. The number of aliphatic hydroxyl groups excluding tert-OH is 1. The van der Waals surface area contributed by atoms with E-state index in [9.17, 15) is 5.11 Å². The third kappa shape index (κ3) is 1.23. The van der Waals surface area contributed by atoms with E-state index in [1.807, 2.05) is 18.2 Å². The molecule has 1 aliphatic carbocycles. The molecule has 16 heavy (non-hydrogen) atoms. The van der Waals surface area contributed by atoms with Gasteiger partial charge in [0.25, 0.3) is 0 Å². The number of rotatable bonds is 3. The molecule has 0 amide bonds. The third-order valence-electron chi connectivity index (χ3n) is 3.76. The van der Waals surface area contributed by atoms with Crippen LogP contribution in [0.1, 0.15) is 12.0 Å². The standard InChI is InChI=1S/C12H15NO3/c13-6-12(4-9(12)5-14)8-1-2-10-11(3-8)16-7-15-10/h1-3,9,14H,4-7,13H2. The second-order valence-electron chi connectivity index (χ2n) is 4.51. The molecule has 2 unspecified atom stereocenters. The number of hydrogen-bond acceptors (Lipinski definition) is 4. The number of benzene rings is 1. The van der Waals surface area contributed by atoms with Gasteiger partial charge in [0, 0.05) is 18.6 Å². The van der Waals surface area contributed by atoms with Gasteiger partial charge in [0.15, 0.2) is 11.5 Å². The van der Waals surface area contributed by atoms with Gasteiger partial charge in [0.1, 0.15) is 0 Å². The van der Waals surface area contributed by atoms with Crippen LogP contribution in [0.3, 0.4) is 0 Å². The fourth-order valence-corrected chi connectivity index (χ4v) is 2.55. The molecular weight excluding hydrogens is 206 g/mol. The highest BCUT2D eigenvalue weighted by atomic mass is 16.7. The molecule has 2 aliphatic rings. The quantitative estimate of drug-likeness (QED) is 0.785. The molecule has 1 aromatic rings. The molecule has 1 aliphatic heterocycles. The lowest BCUT2D eigenvalue weighted by molar-refractivity contribution is 0.174. The first-order valence-corrected chi connectivity index (χ1v) is 5.51. The topological polar surface area (TPSA) is 64.7 Å². The van der Waals surface area contributed by atoms with Crippen molar-refractivity contribution in [3.63, 3.8) is 0 Å². The lowest BCUT2D eigenvalue weighted by Crippen LogP contribution is -2.23. The minimum atomic E-state index is -0.0459. The Bertz CT molecular complexity index is 421. The van der Waals surface area contributed by atoms with Gasteiger partial charge >= 0.3 is 0 Å². The van der Waals surface area contributed by atoms with Crippen molar-refractivity contribution in [2.75, 3.05) is 19.9 Å². The molecule has 1 saturated carbocycles. The number of ether oxygens (including phenoxy) is 2. The Kier molecular flexibility index (Phi) is 2.09. The molecule has 2 atom stereocenters. The van der Waals surface area contributed by atoms with Crippen molar-refractivity contribution in [3.8, 4) is 11.5 Å². The summed E-state index contributed by atoms with van der Waals surface area (Å²) in [6.45, 7) is 1.06. The predicted octanol–water partition coefficient (Wildman–Crippen LogP) is 0.624. The zero-order chi connectivity index (χ0) is 11.2. The molecule has 86 valence electrons. The zero-order valence-corrected chi connectivity index (χ0v) is 8.98. The van der Waals surface area contributed by atoms with Crippen LogP contribution in [0.4, 0.5) is 0 Å². The molecule has 1 aromatic carbocycles. The Hall–Kier alpha value is -1.26. The second-order valence-corrected chi connectivity index (χ2v) is 4.51. The first-order chi connectivity index (χ1) is 7.80. The van der Waals surface area contributed by atoms with E-state index in [0.717, 1.165) is 23.5 Å². The van der Waals surface area contributed by atoms with Gasteiger partial charge in [-0.3, -0.25) is 0 Å². The lowest BCUT2D eigenvalue weighted by Gasteiger charge is -2.15. The molecular formula is C12H15NO3. The first-order valence-electron chi connectivity index (χ1n) is 5.51. The van der Waals surface area contributed by atoms with Gasteiger partial charge in [-0.25, -0.2) is 0 Å². The van der Waals surface area contributed by atoms with Crippen molar-refractivity contribution < 1.29 is 14.6 Å². The predicted molar refractivity (Wildman–Crippen MR) is 58.5 cm³/mol. The van der Waals surface area contributed by atoms with Gasteiger partial charge in [0.05, 0.1) is 0 Å². The van der Waals surface area contributed by atoms with Crippen molar-refractivity contribution in [2.45, 2.75) is 11.8 Å². The maximum Gasteiger partial charge on any atom is 0.231 e. The van der Waals surface area contributed by atoms with Gasteiger partial charge in [-0.15, -0.1) is 0 Å². The molecule has 0 bridgehead atoms. The number of aliphatic hydroxyl groups is 1. The molecule has 1 fully saturated rings. The maximum atomic E-state index is 9.22. The van der Waals surface area contributed by atoms with Gasteiger partial charge in [-0.05, 0) is 30.0 Å². The van der Waals surface area contributed by atoms with E-state index in [4.69, 9.17) is 15.2 Å². The van der Waals surface area contributed by atoms with Gasteiger partial charge < -0.3 is 20.3 Å². The summed E-state index contributed by atoms with van der Waals surface area (Å²) in [4.78, 5) is 0. The normalized spacial score (nSPS) is 30.5. The summed E-state index contributed by atoms with van der Waals surface area (Å²) in [5.41, 5.74) is 6.93. The van der Waals surface area contributed by atoms with Crippen molar-refractivity contribution in [1.82, 2.24) is 0 Å². The van der Waals surface area contributed by atoms with Crippen LogP contribution in [0.25, 0.3) is 0 Å². The van der Waals surface area contributed by atoms with Crippen molar-refractivity contribution in [1.29, 1.82) is 0 Å². The molecule has 1 heterocycles. The van der Waals surface area contributed by atoms with Crippen LogP contribution in [0.15, 0.2) is 18.2 Å². The van der Waals surface area contributed by atoms with Gasteiger partial charge in [-0.1, -0.05) is 6.07 Å². The van der Waals surface area contributed by atoms with Crippen LogP contribution >= 0.6 is 0 Å². The highest BCUT2D eigenvalue weighted by molar-refractivity contribution is 5.48. The highest BCUT2D eigenvalue weighted by Gasteiger charge is 2.53. The summed E-state index contributed by atoms with van der Waals surface area (Å²) in [5.74, 6) is 1.86. The Labute approximate surface area is 94.0 Å². The third-order valence-corrected chi connectivity index (χ3v) is 3.76. The molecule has 3 rings (SSSR count). The van der Waals surface area contributed by atoms with Crippen LogP contribution in [0.2, 0.25) is 0 Å². The van der Waals surface area contributed by atoms with Crippen molar-refractivity contribution in [3.05, 3.63) is 23.8 Å². The van der Waals surface area contributed by atoms with Gasteiger partial charge in [0.2, 0.25) is 6.79 Å². The van der Waals surface area contributed by atoms with E-state index < -0.39 is 0 Å². The number of hydrogen-bond donors (Lipinski definition) is 2. The number of fused-ring (bicyclic) bond motifs is 1. The monoisotopic (exact) mass is 221 g/mol. The zero-order valence-electron chi connectivity index (χ0n) is 8.98. The van der Waals surface area contributed by atoms with E-state index in [1.54, 1.807) is 0 Å². The van der Waals surface area contributed by atoms with E-state index in [0.29, 0.717) is 6.54 Å². The summed E-state index contributed by atoms with van der Waals surface area (Å²) >= 11 is 0. The molecule has 0 spiro atoms. The van der Waals surface area contributed by atoms with Crippen LogP contribution < -0.4 is 15.2 Å². The number of nitrogens with two attached hydrogens (primary N) is 1. The second kappa shape index (κ2) is 3.37. The molecule has 0 radical (unpaired) electrons. The molecule has 4 heteroatoms. The summed E-state index contributed by atoms with van der Waals surface area (Å²) in [5, 5.41) is 9.22. The van der Waals surface area contributed by atoms with Crippen molar-refractivity contribution >= 4 is 0 Å². The molecule has 0 aromatic heterocycles. The average Bonchev–Trinajstić information content (AvgIpc) is 2.88. The smallest absolute Gasteiger partial charge is 0.231 e. The van der Waals surface area contributed by atoms with E-state index in [2.05, 4.69) is 0 Å². The molecule has 4 nitrogen and oxygen atoms in total.